The molecule has 0 radical (unpaired) electrons. The van der Waals surface area contributed by atoms with Gasteiger partial charge in [0.25, 0.3) is 5.91 Å². The van der Waals surface area contributed by atoms with Gasteiger partial charge in [-0.3, -0.25) is 4.79 Å². The fourth-order valence-electron chi connectivity index (χ4n) is 2.56. The number of aryl methyl sites for hydroxylation is 1. The van der Waals surface area contributed by atoms with Crippen LogP contribution in [-0.4, -0.2) is 22.8 Å². The van der Waals surface area contributed by atoms with E-state index in [1.165, 1.54) is 11.3 Å². The van der Waals surface area contributed by atoms with Crippen LogP contribution in [0.3, 0.4) is 0 Å². The molecule has 1 aromatic heterocycles. The summed E-state index contributed by atoms with van der Waals surface area (Å²) in [5.74, 6) is 1.60. The van der Waals surface area contributed by atoms with Gasteiger partial charge in [-0.15, -0.1) is 11.8 Å². The molecular weight excluding hydrogens is 352 g/mol. The molecule has 1 amide bonds. The average molecular weight is 373 g/mol. The molecule has 0 bridgehead atoms. The molecule has 0 spiro atoms. The Morgan fingerprint density at radius 3 is 2.64 bits per heavy atom. The summed E-state index contributed by atoms with van der Waals surface area (Å²) in [5, 5.41) is 0. The number of carbonyl (C=O) groups excluding carboxylic acids is 1. The summed E-state index contributed by atoms with van der Waals surface area (Å²) in [6.45, 7) is 4.67. The van der Waals surface area contributed by atoms with Crippen LogP contribution in [0.25, 0.3) is 10.2 Å². The number of hydrogen-bond acceptors (Lipinski definition) is 4. The van der Waals surface area contributed by atoms with Crippen LogP contribution in [-0.2, 0) is 7.05 Å². The van der Waals surface area contributed by atoms with Gasteiger partial charge in [0.15, 0.2) is 4.80 Å². The molecule has 0 unspecified atom stereocenters. The van der Waals surface area contributed by atoms with Crippen molar-refractivity contribution in [1.29, 1.82) is 0 Å². The molecule has 3 aromatic rings. The third-order valence-corrected chi connectivity index (χ3v) is 5.69. The van der Waals surface area contributed by atoms with E-state index < -0.39 is 0 Å². The highest BCUT2D eigenvalue weighted by atomic mass is 32.2. The summed E-state index contributed by atoms with van der Waals surface area (Å²) < 4.78 is 8.67. The highest BCUT2D eigenvalue weighted by molar-refractivity contribution is 7.99. The first-order valence-electron chi connectivity index (χ1n) is 8.17. The lowest BCUT2D eigenvalue weighted by Gasteiger charge is -2.05. The largest absolute Gasteiger partial charge is 0.492 e. The quantitative estimate of drug-likeness (QED) is 0.620. The minimum absolute atomic E-state index is 0.229. The number of benzene rings is 2. The van der Waals surface area contributed by atoms with Crippen molar-refractivity contribution in [2.75, 3.05) is 12.4 Å². The topological polar surface area (TPSA) is 43.6 Å². The van der Waals surface area contributed by atoms with Crippen molar-refractivity contribution in [1.82, 2.24) is 4.57 Å². The Labute approximate surface area is 155 Å². The van der Waals surface area contributed by atoms with Crippen LogP contribution in [0.15, 0.2) is 52.4 Å². The summed E-state index contributed by atoms with van der Waals surface area (Å²) in [6, 6.07) is 13.5. The van der Waals surface area contributed by atoms with Crippen LogP contribution in [0.1, 0.15) is 24.2 Å². The number of nitrogens with zero attached hydrogens (tertiary/aromatic N) is 2. The van der Waals surface area contributed by atoms with Crippen molar-refractivity contribution < 1.29 is 9.53 Å². The number of fused-ring (bicyclic) bond motifs is 1. The minimum atomic E-state index is -0.229. The number of amides is 1. The number of rotatable bonds is 5. The Morgan fingerprint density at radius 1 is 1.20 bits per heavy atom. The van der Waals surface area contributed by atoms with Gasteiger partial charge < -0.3 is 9.30 Å². The Morgan fingerprint density at radius 2 is 1.96 bits per heavy atom. The molecule has 6 heteroatoms. The van der Waals surface area contributed by atoms with Gasteiger partial charge in [-0.05, 0) is 49.1 Å². The first-order valence-corrected chi connectivity index (χ1v) is 9.97. The fourth-order valence-corrected chi connectivity index (χ4v) is 4.26. The predicted molar refractivity (Wildman–Crippen MR) is 105 cm³/mol. The van der Waals surface area contributed by atoms with Crippen molar-refractivity contribution in [3.63, 3.8) is 0 Å². The highest BCUT2D eigenvalue weighted by Gasteiger charge is 2.11. The number of aromatic nitrogens is 1. The normalized spacial score (nSPS) is 11.9. The Bertz CT molecular complexity index is 956. The van der Waals surface area contributed by atoms with E-state index in [0.29, 0.717) is 17.0 Å². The lowest BCUT2D eigenvalue weighted by Crippen LogP contribution is -2.13. The molecule has 0 aliphatic heterocycles. The molecule has 25 heavy (non-hydrogen) atoms. The van der Waals surface area contributed by atoms with Crippen LogP contribution in [0.5, 0.6) is 5.75 Å². The van der Waals surface area contributed by atoms with Gasteiger partial charge in [-0.1, -0.05) is 24.3 Å². The van der Waals surface area contributed by atoms with E-state index in [9.17, 15) is 4.79 Å². The molecule has 0 N–H and O–H groups in total. The second-order valence-electron chi connectivity index (χ2n) is 5.35. The van der Waals surface area contributed by atoms with Gasteiger partial charge in [0.1, 0.15) is 11.3 Å². The predicted octanol–water partition coefficient (Wildman–Crippen LogP) is 4.49. The highest BCUT2D eigenvalue weighted by Crippen LogP contribution is 2.27. The Kier molecular flexibility index (Phi) is 5.60. The zero-order chi connectivity index (χ0) is 17.8. The second-order valence-corrected chi connectivity index (χ2v) is 7.70. The molecule has 3 rings (SSSR count). The smallest absolute Gasteiger partial charge is 0.279 e. The van der Waals surface area contributed by atoms with Gasteiger partial charge >= 0.3 is 0 Å². The molecule has 2 aromatic carbocycles. The maximum absolute atomic E-state index is 12.5. The third kappa shape index (κ3) is 3.80. The summed E-state index contributed by atoms with van der Waals surface area (Å²) in [5.41, 5.74) is 1.57. The summed E-state index contributed by atoms with van der Waals surface area (Å²) in [6.07, 6.45) is 0. The first-order chi connectivity index (χ1) is 12.1. The summed E-state index contributed by atoms with van der Waals surface area (Å²) in [4.78, 5) is 18.7. The Balaban J connectivity index is 1.99. The van der Waals surface area contributed by atoms with Gasteiger partial charge in [0, 0.05) is 17.5 Å². The van der Waals surface area contributed by atoms with Crippen LogP contribution in [0.4, 0.5) is 0 Å². The van der Waals surface area contributed by atoms with Crippen molar-refractivity contribution in [3.05, 3.63) is 52.8 Å². The van der Waals surface area contributed by atoms with Crippen molar-refractivity contribution in [2.45, 2.75) is 18.7 Å². The average Bonchev–Trinajstić information content (AvgIpc) is 2.93. The maximum atomic E-state index is 12.5. The van der Waals surface area contributed by atoms with E-state index in [-0.39, 0.29) is 5.91 Å². The zero-order valence-corrected chi connectivity index (χ0v) is 16.1. The lowest BCUT2D eigenvalue weighted by atomic mass is 10.2. The van der Waals surface area contributed by atoms with E-state index in [1.54, 1.807) is 11.8 Å². The van der Waals surface area contributed by atoms with Gasteiger partial charge in [0.2, 0.25) is 0 Å². The van der Waals surface area contributed by atoms with E-state index >= 15 is 0 Å². The molecule has 0 fully saturated rings. The molecular formula is C19H20N2O2S2. The molecule has 130 valence electrons. The van der Waals surface area contributed by atoms with E-state index in [0.717, 1.165) is 26.6 Å². The maximum Gasteiger partial charge on any atom is 0.279 e. The van der Waals surface area contributed by atoms with Gasteiger partial charge in [0.05, 0.1) is 11.3 Å². The van der Waals surface area contributed by atoms with Crippen molar-refractivity contribution >= 4 is 39.2 Å². The number of carbonyl (C=O) groups is 1. The fraction of sp³-hybridized carbons (Fsp3) is 0.263. The van der Waals surface area contributed by atoms with Crippen molar-refractivity contribution in [3.8, 4) is 5.75 Å². The van der Waals surface area contributed by atoms with Crippen molar-refractivity contribution in [2.24, 2.45) is 12.0 Å². The first kappa shape index (κ1) is 17.8. The molecule has 0 aliphatic rings. The number of hydrogen-bond donors (Lipinski definition) is 0. The number of thiazole rings is 1. The molecule has 0 atom stereocenters. The SMILES string of the molecule is CCOc1cccc2sc(=NC(=O)c3ccc(SCC)cc3)n(C)c12. The number of thioether (sulfide) groups is 1. The zero-order valence-electron chi connectivity index (χ0n) is 14.5. The standard InChI is InChI=1S/C19H20N2O2S2/c1-4-23-15-7-6-8-16-17(15)21(3)19(25-16)20-18(22)13-9-11-14(12-10-13)24-5-2/h6-12H,4-5H2,1-3H3. The Hall–Kier alpha value is -2.05. The van der Waals surface area contributed by atoms with Crippen LogP contribution < -0.4 is 9.54 Å². The minimum Gasteiger partial charge on any atom is -0.492 e. The number of para-hydroxylation sites is 1. The van der Waals surface area contributed by atoms with Gasteiger partial charge in [-0.25, -0.2) is 0 Å². The molecule has 0 aliphatic carbocycles. The lowest BCUT2D eigenvalue weighted by molar-refractivity contribution is 0.0998. The van der Waals surface area contributed by atoms with Crippen LogP contribution in [0, 0.1) is 0 Å². The third-order valence-electron chi connectivity index (χ3n) is 3.69. The second kappa shape index (κ2) is 7.89. The van der Waals surface area contributed by atoms with E-state index in [4.69, 9.17) is 4.74 Å². The monoisotopic (exact) mass is 372 g/mol. The van der Waals surface area contributed by atoms with E-state index in [1.807, 2.05) is 61.0 Å². The number of ether oxygens (including phenoxy) is 1. The van der Waals surface area contributed by atoms with E-state index in [2.05, 4.69) is 11.9 Å². The van der Waals surface area contributed by atoms with Gasteiger partial charge in [-0.2, -0.15) is 4.99 Å². The molecule has 4 nitrogen and oxygen atoms in total. The molecule has 0 saturated heterocycles. The van der Waals surface area contributed by atoms with Crippen LogP contribution >= 0.6 is 23.1 Å². The molecule has 0 saturated carbocycles. The van der Waals surface area contributed by atoms with Crippen LogP contribution in [0.2, 0.25) is 0 Å². The summed E-state index contributed by atoms with van der Waals surface area (Å²) in [7, 11) is 1.91. The molecule has 1 heterocycles. The summed E-state index contributed by atoms with van der Waals surface area (Å²) >= 11 is 3.24.